The van der Waals surface area contributed by atoms with Crippen LogP contribution in [-0.2, 0) is 19.4 Å². The van der Waals surface area contributed by atoms with E-state index in [4.69, 9.17) is 5.73 Å². The molecule has 0 aliphatic heterocycles. The third-order valence-corrected chi connectivity index (χ3v) is 4.26. The number of fused-ring (bicyclic) bond motifs is 1. The lowest BCUT2D eigenvalue weighted by molar-refractivity contribution is 0.560. The Morgan fingerprint density at radius 1 is 1.47 bits per heavy atom. The maximum Gasteiger partial charge on any atom is 0.0302 e. The van der Waals surface area contributed by atoms with Crippen LogP contribution in [0.4, 0.5) is 0 Å². The van der Waals surface area contributed by atoms with Gasteiger partial charge < -0.3 is 11.1 Å². The molecule has 1 aromatic rings. The van der Waals surface area contributed by atoms with Crippen LogP contribution in [0.5, 0.6) is 0 Å². The van der Waals surface area contributed by atoms with Crippen LogP contribution in [0.15, 0.2) is 6.07 Å². The summed E-state index contributed by atoms with van der Waals surface area (Å²) in [5.41, 5.74) is 7.17. The van der Waals surface area contributed by atoms with Crippen molar-refractivity contribution in [2.75, 3.05) is 6.54 Å². The molecule has 1 aromatic heterocycles. The Kier molecular flexibility index (Phi) is 3.78. The van der Waals surface area contributed by atoms with Gasteiger partial charge in [-0.2, -0.15) is 0 Å². The maximum atomic E-state index is 5.57. The molecule has 2 nitrogen and oxygen atoms in total. The molecule has 0 spiro atoms. The Balaban J connectivity index is 1.94. The highest BCUT2D eigenvalue weighted by molar-refractivity contribution is 7.12. The largest absolute Gasteiger partial charge is 0.329 e. The quantitative estimate of drug-likeness (QED) is 0.821. The van der Waals surface area contributed by atoms with Gasteiger partial charge in [-0.25, -0.2) is 0 Å². The smallest absolute Gasteiger partial charge is 0.0302 e. The Labute approximate surface area is 95.9 Å². The first-order chi connectivity index (χ1) is 7.29. The van der Waals surface area contributed by atoms with Crippen molar-refractivity contribution in [3.63, 3.8) is 0 Å². The fourth-order valence-corrected chi connectivity index (χ4v) is 3.21. The molecule has 84 valence electrons. The van der Waals surface area contributed by atoms with Gasteiger partial charge in [-0.1, -0.05) is 0 Å². The molecule has 2 rings (SSSR count). The van der Waals surface area contributed by atoms with Gasteiger partial charge in [0, 0.05) is 28.9 Å². The highest BCUT2D eigenvalue weighted by atomic mass is 32.1. The monoisotopic (exact) mass is 224 g/mol. The minimum absolute atomic E-state index is 0.420. The highest BCUT2D eigenvalue weighted by Crippen LogP contribution is 2.29. The molecule has 1 aliphatic rings. The Hall–Kier alpha value is -0.380. The second kappa shape index (κ2) is 5.10. The summed E-state index contributed by atoms with van der Waals surface area (Å²) < 4.78 is 0. The molecule has 0 unspecified atom stereocenters. The summed E-state index contributed by atoms with van der Waals surface area (Å²) in [5.74, 6) is 0. The van der Waals surface area contributed by atoms with Crippen molar-refractivity contribution in [3.8, 4) is 0 Å². The van der Waals surface area contributed by atoms with Crippen molar-refractivity contribution in [3.05, 3.63) is 21.4 Å². The van der Waals surface area contributed by atoms with Gasteiger partial charge in [0.2, 0.25) is 0 Å². The van der Waals surface area contributed by atoms with Crippen LogP contribution < -0.4 is 11.1 Å². The minimum atomic E-state index is 0.420. The standard InChI is InChI=1S/C12H20N2S/c1-9(7-13)14-8-11-6-10-4-2-3-5-12(10)15-11/h6,9,14H,2-5,7-8,13H2,1H3/t9-/m1/s1. The summed E-state index contributed by atoms with van der Waals surface area (Å²) in [4.78, 5) is 3.10. The molecule has 0 saturated carbocycles. The van der Waals surface area contributed by atoms with Crippen molar-refractivity contribution in [2.45, 2.75) is 45.2 Å². The number of hydrogen-bond acceptors (Lipinski definition) is 3. The summed E-state index contributed by atoms with van der Waals surface area (Å²) in [6.45, 7) is 3.83. The van der Waals surface area contributed by atoms with Crippen molar-refractivity contribution in [2.24, 2.45) is 5.73 Å². The normalized spacial score (nSPS) is 17.5. The van der Waals surface area contributed by atoms with Crippen molar-refractivity contribution in [1.82, 2.24) is 5.32 Å². The van der Waals surface area contributed by atoms with Gasteiger partial charge in [-0.15, -0.1) is 11.3 Å². The first kappa shape index (κ1) is 11.1. The van der Waals surface area contributed by atoms with Gasteiger partial charge in [-0.05, 0) is 44.2 Å². The van der Waals surface area contributed by atoms with Gasteiger partial charge in [-0.3, -0.25) is 0 Å². The van der Waals surface area contributed by atoms with Crippen molar-refractivity contribution >= 4 is 11.3 Å². The van der Waals surface area contributed by atoms with Crippen LogP contribution in [0.25, 0.3) is 0 Å². The van der Waals surface area contributed by atoms with Crippen molar-refractivity contribution in [1.29, 1.82) is 0 Å². The molecule has 0 saturated heterocycles. The Morgan fingerprint density at radius 3 is 3.00 bits per heavy atom. The summed E-state index contributed by atoms with van der Waals surface area (Å²) in [5, 5.41) is 3.44. The summed E-state index contributed by atoms with van der Waals surface area (Å²) in [6, 6.07) is 2.80. The van der Waals surface area contributed by atoms with E-state index in [1.54, 1.807) is 10.4 Å². The average Bonchev–Trinajstić information content (AvgIpc) is 2.68. The van der Waals surface area contributed by atoms with E-state index in [1.165, 1.54) is 30.6 Å². The lowest BCUT2D eigenvalue weighted by Crippen LogP contribution is -2.32. The van der Waals surface area contributed by atoms with E-state index in [-0.39, 0.29) is 0 Å². The van der Waals surface area contributed by atoms with Gasteiger partial charge in [0.25, 0.3) is 0 Å². The zero-order valence-corrected chi connectivity index (χ0v) is 10.2. The molecule has 0 radical (unpaired) electrons. The predicted octanol–water partition coefficient (Wildman–Crippen LogP) is 2.06. The second-order valence-corrected chi connectivity index (χ2v) is 5.61. The third-order valence-electron chi connectivity index (χ3n) is 3.03. The molecular weight excluding hydrogens is 204 g/mol. The number of nitrogens with one attached hydrogen (secondary N) is 1. The number of aryl methyl sites for hydroxylation is 2. The topological polar surface area (TPSA) is 38.0 Å². The summed E-state index contributed by atoms with van der Waals surface area (Å²) in [6.07, 6.45) is 5.33. The van der Waals surface area contributed by atoms with Gasteiger partial charge in [0.1, 0.15) is 0 Å². The van der Waals surface area contributed by atoms with Crippen LogP contribution in [-0.4, -0.2) is 12.6 Å². The lowest BCUT2D eigenvalue weighted by atomic mass is 9.99. The third kappa shape index (κ3) is 2.80. The lowest BCUT2D eigenvalue weighted by Gasteiger charge is -2.09. The molecule has 1 atom stereocenters. The van der Waals surface area contributed by atoms with E-state index in [2.05, 4.69) is 18.3 Å². The van der Waals surface area contributed by atoms with Gasteiger partial charge >= 0.3 is 0 Å². The zero-order chi connectivity index (χ0) is 10.7. The summed E-state index contributed by atoms with van der Waals surface area (Å²) in [7, 11) is 0. The van der Waals surface area contributed by atoms with E-state index in [0.29, 0.717) is 12.6 Å². The first-order valence-electron chi connectivity index (χ1n) is 5.83. The number of rotatable bonds is 4. The SMILES string of the molecule is C[C@H](CN)NCc1cc2c(s1)CCCC2. The molecule has 3 N–H and O–H groups in total. The first-order valence-corrected chi connectivity index (χ1v) is 6.65. The van der Waals surface area contributed by atoms with E-state index < -0.39 is 0 Å². The molecular formula is C12H20N2S. The van der Waals surface area contributed by atoms with E-state index in [9.17, 15) is 0 Å². The van der Waals surface area contributed by atoms with Crippen LogP contribution in [0.2, 0.25) is 0 Å². The fraction of sp³-hybridized carbons (Fsp3) is 0.667. The molecule has 0 aromatic carbocycles. The fourth-order valence-electron chi connectivity index (χ4n) is 2.00. The van der Waals surface area contributed by atoms with Gasteiger partial charge in [0.15, 0.2) is 0 Å². The van der Waals surface area contributed by atoms with E-state index >= 15 is 0 Å². The number of nitrogens with two attached hydrogens (primary N) is 1. The molecule has 0 amide bonds. The molecule has 15 heavy (non-hydrogen) atoms. The van der Waals surface area contributed by atoms with Crippen LogP contribution in [0.1, 0.15) is 35.1 Å². The van der Waals surface area contributed by atoms with Crippen LogP contribution >= 0.6 is 11.3 Å². The van der Waals surface area contributed by atoms with E-state index in [0.717, 1.165) is 6.54 Å². The Morgan fingerprint density at radius 2 is 2.27 bits per heavy atom. The zero-order valence-electron chi connectivity index (χ0n) is 9.38. The molecule has 1 aliphatic carbocycles. The van der Waals surface area contributed by atoms with Crippen LogP contribution in [0, 0.1) is 0 Å². The average molecular weight is 224 g/mol. The maximum absolute atomic E-state index is 5.57. The van der Waals surface area contributed by atoms with Crippen molar-refractivity contribution < 1.29 is 0 Å². The second-order valence-electron chi connectivity index (χ2n) is 4.39. The van der Waals surface area contributed by atoms with E-state index in [1.807, 2.05) is 11.3 Å². The highest BCUT2D eigenvalue weighted by Gasteiger charge is 2.13. The number of hydrogen-bond donors (Lipinski definition) is 2. The summed E-state index contributed by atoms with van der Waals surface area (Å²) >= 11 is 1.98. The molecule has 0 fully saturated rings. The Bertz CT molecular complexity index is 296. The molecule has 0 bridgehead atoms. The molecule has 3 heteroatoms. The predicted molar refractivity (Wildman–Crippen MR) is 66.3 cm³/mol. The van der Waals surface area contributed by atoms with Gasteiger partial charge in [0.05, 0.1) is 0 Å². The minimum Gasteiger partial charge on any atom is -0.329 e. The number of thiophene rings is 1. The molecule has 1 heterocycles. The van der Waals surface area contributed by atoms with Crippen LogP contribution in [0.3, 0.4) is 0 Å².